The van der Waals surface area contributed by atoms with Gasteiger partial charge in [0.1, 0.15) is 5.82 Å². The largest absolute Gasteiger partial charge is 0.348 e. The molecule has 150 valence electrons. The predicted octanol–water partition coefficient (Wildman–Crippen LogP) is 2.63. The van der Waals surface area contributed by atoms with Gasteiger partial charge in [-0.3, -0.25) is 4.79 Å². The van der Waals surface area contributed by atoms with Gasteiger partial charge < -0.3 is 25.8 Å². The number of carbonyl (C=O) groups excluding carboxylic acids is 2. The van der Waals surface area contributed by atoms with Crippen LogP contribution in [0, 0.1) is 5.82 Å². The summed E-state index contributed by atoms with van der Waals surface area (Å²) in [5.74, 6) is -0.643. The molecule has 3 rings (SSSR count). The smallest absolute Gasteiger partial charge is 0.319 e. The van der Waals surface area contributed by atoms with Crippen LogP contribution in [0.2, 0.25) is 0 Å². The lowest BCUT2D eigenvalue weighted by Gasteiger charge is -2.23. The van der Waals surface area contributed by atoms with Crippen molar-refractivity contribution in [3.63, 3.8) is 0 Å². The molecule has 1 aliphatic rings. The molecule has 2 heterocycles. The van der Waals surface area contributed by atoms with Crippen LogP contribution in [0.25, 0.3) is 5.69 Å². The molecule has 3 amide bonds. The first kappa shape index (κ1) is 19.9. The first-order valence-electron chi connectivity index (χ1n) is 9.61. The Bertz CT molecular complexity index is 830. The molecule has 2 aromatic rings. The molecular weight excluding hydrogens is 361 g/mol. The van der Waals surface area contributed by atoms with Crippen LogP contribution in [-0.4, -0.2) is 42.2 Å². The van der Waals surface area contributed by atoms with Gasteiger partial charge in [0.2, 0.25) is 0 Å². The van der Waals surface area contributed by atoms with E-state index in [1.54, 1.807) is 29.1 Å². The zero-order valence-corrected chi connectivity index (χ0v) is 15.9. The van der Waals surface area contributed by atoms with E-state index in [0.717, 1.165) is 32.4 Å². The van der Waals surface area contributed by atoms with E-state index in [2.05, 4.69) is 21.3 Å². The predicted molar refractivity (Wildman–Crippen MR) is 106 cm³/mol. The molecule has 1 aliphatic heterocycles. The summed E-state index contributed by atoms with van der Waals surface area (Å²) in [5.41, 5.74) is 1.27. The second-order valence-corrected chi connectivity index (χ2v) is 6.87. The van der Waals surface area contributed by atoms with Crippen molar-refractivity contribution in [3.05, 3.63) is 48.0 Å². The number of urea groups is 1. The lowest BCUT2D eigenvalue weighted by molar-refractivity contribution is 0.0931. The molecule has 0 saturated carbocycles. The quantitative estimate of drug-likeness (QED) is 0.615. The molecular formula is C20H26FN5O2. The molecule has 0 aliphatic carbocycles. The summed E-state index contributed by atoms with van der Waals surface area (Å²) in [7, 11) is 0. The third-order valence-corrected chi connectivity index (χ3v) is 4.59. The normalized spacial score (nSPS) is 16.4. The van der Waals surface area contributed by atoms with Crippen molar-refractivity contribution in [2.24, 2.45) is 0 Å². The Balaban J connectivity index is 1.84. The van der Waals surface area contributed by atoms with Crippen LogP contribution >= 0.6 is 0 Å². The van der Waals surface area contributed by atoms with Gasteiger partial charge in [-0.05, 0) is 44.0 Å². The molecule has 1 atom stereocenters. The van der Waals surface area contributed by atoms with Crippen molar-refractivity contribution in [1.29, 1.82) is 0 Å². The maximum Gasteiger partial charge on any atom is 0.319 e. The number of hydrogen-bond acceptors (Lipinski definition) is 3. The molecule has 1 aromatic heterocycles. The minimum Gasteiger partial charge on any atom is -0.348 e. The Labute approximate surface area is 163 Å². The maximum absolute atomic E-state index is 13.6. The average molecular weight is 387 g/mol. The van der Waals surface area contributed by atoms with Crippen LogP contribution in [-0.2, 0) is 0 Å². The first-order valence-corrected chi connectivity index (χ1v) is 9.61. The molecule has 1 saturated heterocycles. The van der Waals surface area contributed by atoms with E-state index in [0.29, 0.717) is 23.5 Å². The van der Waals surface area contributed by atoms with Crippen LogP contribution < -0.4 is 21.3 Å². The highest BCUT2D eigenvalue weighted by molar-refractivity contribution is 6.03. The second-order valence-electron chi connectivity index (χ2n) is 6.87. The van der Waals surface area contributed by atoms with Crippen LogP contribution in [0.5, 0.6) is 0 Å². The minimum absolute atomic E-state index is 0.0422. The fourth-order valence-corrected chi connectivity index (χ4v) is 3.16. The fraction of sp³-hybridized carbons (Fsp3) is 0.400. The Kier molecular flexibility index (Phi) is 6.65. The third kappa shape index (κ3) is 5.10. The topological polar surface area (TPSA) is 87.2 Å². The Morgan fingerprint density at radius 3 is 2.89 bits per heavy atom. The van der Waals surface area contributed by atoms with Gasteiger partial charge in [0.15, 0.2) is 0 Å². The molecule has 0 spiro atoms. The van der Waals surface area contributed by atoms with E-state index < -0.39 is 0 Å². The molecule has 1 fully saturated rings. The number of halogens is 1. The van der Waals surface area contributed by atoms with Crippen molar-refractivity contribution in [2.45, 2.75) is 32.2 Å². The highest BCUT2D eigenvalue weighted by Crippen LogP contribution is 2.22. The summed E-state index contributed by atoms with van der Waals surface area (Å²) in [5, 5.41) is 11.7. The summed E-state index contributed by atoms with van der Waals surface area (Å²) in [6, 6.07) is 5.71. The van der Waals surface area contributed by atoms with Gasteiger partial charge in [-0.15, -0.1) is 0 Å². The summed E-state index contributed by atoms with van der Waals surface area (Å²) < 4.78 is 15.2. The number of piperidine rings is 1. The van der Waals surface area contributed by atoms with Gasteiger partial charge in [0.05, 0.1) is 11.3 Å². The average Bonchev–Trinajstić information content (AvgIpc) is 3.11. The highest BCUT2D eigenvalue weighted by atomic mass is 19.1. The zero-order chi connectivity index (χ0) is 19.9. The first-order chi connectivity index (χ1) is 13.6. The van der Waals surface area contributed by atoms with Gasteiger partial charge in [-0.1, -0.05) is 13.0 Å². The van der Waals surface area contributed by atoms with E-state index in [9.17, 15) is 14.0 Å². The number of hydrogen-bond donors (Lipinski definition) is 4. The van der Waals surface area contributed by atoms with Crippen LogP contribution in [0.1, 0.15) is 36.5 Å². The number of benzene rings is 1. The third-order valence-electron chi connectivity index (χ3n) is 4.59. The number of anilines is 1. The van der Waals surface area contributed by atoms with Crippen LogP contribution in [0.3, 0.4) is 0 Å². The number of nitrogens with one attached hydrogen (secondary N) is 4. The van der Waals surface area contributed by atoms with Gasteiger partial charge in [0, 0.05) is 37.2 Å². The molecule has 0 unspecified atom stereocenters. The van der Waals surface area contributed by atoms with Crippen molar-refractivity contribution < 1.29 is 14.0 Å². The highest BCUT2D eigenvalue weighted by Gasteiger charge is 2.21. The van der Waals surface area contributed by atoms with E-state index in [4.69, 9.17) is 0 Å². The summed E-state index contributed by atoms with van der Waals surface area (Å²) >= 11 is 0. The monoisotopic (exact) mass is 387 g/mol. The van der Waals surface area contributed by atoms with Crippen LogP contribution in [0.4, 0.5) is 14.9 Å². The molecule has 1 aromatic carbocycles. The van der Waals surface area contributed by atoms with Crippen molar-refractivity contribution in [1.82, 2.24) is 20.5 Å². The van der Waals surface area contributed by atoms with E-state index in [1.807, 2.05) is 6.92 Å². The lowest BCUT2D eigenvalue weighted by Crippen LogP contribution is -2.45. The molecule has 0 bridgehead atoms. The van der Waals surface area contributed by atoms with E-state index in [1.165, 1.54) is 12.1 Å². The number of amides is 3. The Morgan fingerprint density at radius 2 is 2.18 bits per heavy atom. The molecule has 7 nitrogen and oxygen atoms in total. The Morgan fingerprint density at radius 1 is 1.32 bits per heavy atom. The summed E-state index contributed by atoms with van der Waals surface area (Å²) in [6.45, 7) is 4.16. The van der Waals surface area contributed by atoms with Gasteiger partial charge >= 0.3 is 6.03 Å². The number of aromatic nitrogens is 1. The Hall–Kier alpha value is -2.87. The van der Waals surface area contributed by atoms with Gasteiger partial charge in [0.25, 0.3) is 5.91 Å². The minimum atomic E-state index is -0.382. The number of rotatable bonds is 6. The van der Waals surface area contributed by atoms with Gasteiger partial charge in [-0.2, -0.15) is 0 Å². The zero-order valence-electron chi connectivity index (χ0n) is 15.9. The molecule has 8 heteroatoms. The fourth-order valence-electron chi connectivity index (χ4n) is 3.16. The number of nitrogens with zero attached hydrogens (tertiary/aromatic N) is 1. The SMILES string of the molecule is CCCNC(=O)Nc1cn(-c2cccc(F)c2)cc1C(=O)N[C@H]1CCCNC1. The van der Waals surface area contributed by atoms with E-state index >= 15 is 0 Å². The van der Waals surface area contributed by atoms with Crippen LogP contribution in [0.15, 0.2) is 36.7 Å². The van der Waals surface area contributed by atoms with Crippen molar-refractivity contribution >= 4 is 17.6 Å². The molecule has 28 heavy (non-hydrogen) atoms. The van der Waals surface area contributed by atoms with Gasteiger partial charge in [-0.25, -0.2) is 9.18 Å². The second kappa shape index (κ2) is 9.36. The number of carbonyl (C=O) groups is 2. The standard InChI is InChI=1S/C20H26FN5O2/c1-2-8-23-20(28)25-18-13-26(16-7-3-5-14(21)10-16)12-17(18)19(27)24-15-6-4-9-22-11-15/h3,5,7,10,12-13,15,22H,2,4,6,8-9,11H2,1H3,(H,24,27)(H2,23,25,28)/t15-/m0/s1. The summed E-state index contributed by atoms with van der Waals surface area (Å²) in [4.78, 5) is 24.9. The molecule has 4 N–H and O–H groups in total. The van der Waals surface area contributed by atoms with Crippen molar-refractivity contribution in [2.75, 3.05) is 25.0 Å². The van der Waals surface area contributed by atoms with E-state index in [-0.39, 0.29) is 23.8 Å². The lowest BCUT2D eigenvalue weighted by atomic mass is 10.1. The van der Waals surface area contributed by atoms with Crippen molar-refractivity contribution in [3.8, 4) is 5.69 Å². The summed E-state index contributed by atoms with van der Waals surface area (Å²) in [6.07, 6.45) is 5.94. The maximum atomic E-state index is 13.6. The molecule has 0 radical (unpaired) electrons.